The highest BCUT2D eigenvalue weighted by Crippen LogP contribution is 2.37. The number of hydrogen-bond acceptors (Lipinski definition) is 4. The van der Waals surface area contributed by atoms with Crippen molar-refractivity contribution in [2.24, 2.45) is 0 Å². The maximum Gasteiger partial charge on any atom is 0.254 e. The first-order valence-corrected chi connectivity index (χ1v) is 10.4. The molecule has 30 heavy (non-hydrogen) atoms. The molecule has 0 bridgehead atoms. The molecule has 0 aliphatic carbocycles. The third-order valence-electron chi connectivity index (χ3n) is 5.63. The van der Waals surface area contributed by atoms with Crippen molar-refractivity contribution in [2.45, 2.75) is 32.7 Å². The van der Waals surface area contributed by atoms with Crippen LogP contribution in [-0.2, 0) is 11.2 Å². The summed E-state index contributed by atoms with van der Waals surface area (Å²) in [6, 6.07) is 13.0. The van der Waals surface area contributed by atoms with Crippen molar-refractivity contribution in [3.8, 4) is 11.5 Å². The van der Waals surface area contributed by atoms with E-state index in [1.807, 2.05) is 49.1 Å². The van der Waals surface area contributed by atoms with Crippen molar-refractivity contribution in [3.63, 3.8) is 0 Å². The van der Waals surface area contributed by atoms with Gasteiger partial charge in [0.15, 0.2) is 11.5 Å². The molecule has 0 radical (unpaired) electrons. The lowest BCUT2D eigenvalue weighted by molar-refractivity contribution is -0.134. The lowest BCUT2D eigenvalue weighted by Gasteiger charge is -2.37. The molecule has 1 heterocycles. The van der Waals surface area contributed by atoms with Gasteiger partial charge in [-0.25, -0.2) is 0 Å². The Kier molecular flexibility index (Phi) is 6.98. The van der Waals surface area contributed by atoms with Crippen LogP contribution < -0.4 is 9.47 Å². The van der Waals surface area contributed by atoms with Crippen LogP contribution in [0.15, 0.2) is 42.5 Å². The molecule has 3 rings (SSSR count). The Morgan fingerprint density at radius 1 is 1.10 bits per heavy atom. The minimum Gasteiger partial charge on any atom is -0.493 e. The average molecular weight is 411 g/mol. The molecule has 0 saturated carbocycles. The Morgan fingerprint density at radius 2 is 1.77 bits per heavy atom. The van der Waals surface area contributed by atoms with Crippen molar-refractivity contribution < 1.29 is 19.1 Å². The largest absolute Gasteiger partial charge is 0.493 e. The molecule has 1 unspecified atom stereocenters. The summed E-state index contributed by atoms with van der Waals surface area (Å²) >= 11 is 0. The molecule has 6 nitrogen and oxygen atoms in total. The third kappa shape index (κ3) is 4.42. The molecular formula is C24H30N2O4. The molecule has 6 heteroatoms. The molecule has 0 N–H and O–H groups in total. The van der Waals surface area contributed by atoms with E-state index in [-0.39, 0.29) is 24.4 Å². The van der Waals surface area contributed by atoms with Crippen LogP contribution in [0.5, 0.6) is 11.5 Å². The van der Waals surface area contributed by atoms with Gasteiger partial charge in [-0.2, -0.15) is 0 Å². The Labute approximate surface area is 178 Å². The van der Waals surface area contributed by atoms with Crippen LogP contribution in [-0.4, -0.2) is 55.5 Å². The number of rotatable bonds is 7. The topological polar surface area (TPSA) is 59.1 Å². The number of methoxy groups -OCH3 is 2. The molecule has 2 amide bonds. The fourth-order valence-corrected chi connectivity index (χ4v) is 4.03. The molecule has 2 aromatic rings. The second kappa shape index (κ2) is 9.65. The minimum absolute atomic E-state index is 0.0410. The molecule has 0 saturated heterocycles. The van der Waals surface area contributed by atoms with E-state index in [1.54, 1.807) is 31.3 Å². The zero-order valence-electron chi connectivity index (χ0n) is 18.2. The molecule has 2 aromatic carbocycles. The summed E-state index contributed by atoms with van der Waals surface area (Å²) in [5, 5.41) is 0. The highest BCUT2D eigenvalue weighted by Gasteiger charge is 2.30. The maximum atomic E-state index is 13.2. The van der Waals surface area contributed by atoms with E-state index in [4.69, 9.17) is 9.47 Å². The summed E-state index contributed by atoms with van der Waals surface area (Å²) in [6.07, 6.45) is 1.54. The predicted octanol–water partition coefficient (Wildman–Crippen LogP) is 3.70. The van der Waals surface area contributed by atoms with Gasteiger partial charge in [-0.15, -0.1) is 0 Å². The monoisotopic (exact) mass is 410 g/mol. The highest BCUT2D eigenvalue weighted by molar-refractivity contribution is 5.96. The van der Waals surface area contributed by atoms with Crippen LogP contribution in [0.3, 0.4) is 0 Å². The first-order valence-electron chi connectivity index (χ1n) is 10.4. The number of amides is 2. The van der Waals surface area contributed by atoms with Gasteiger partial charge in [0, 0.05) is 18.7 Å². The van der Waals surface area contributed by atoms with Crippen molar-refractivity contribution in [1.29, 1.82) is 0 Å². The van der Waals surface area contributed by atoms with Gasteiger partial charge in [0.1, 0.15) is 6.54 Å². The number of hydrogen-bond donors (Lipinski definition) is 0. The number of ether oxygens (including phenoxy) is 2. The van der Waals surface area contributed by atoms with Crippen molar-refractivity contribution in [3.05, 3.63) is 59.2 Å². The molecule has 1 aliphatic rings. The van der Waals surface area contributed by atoms with E-state index in [9.17, 15) is 9.59 Å². The van der Waals surface area contributed by atoms with E-state index in [2.05, 4.69) is 0 Å². The Balaban J connectivity index is 1.78. The van der Waals surface area contributed by atoms with Crippen molar-refractivity contribution in [2.75, 3.05) is 33.9 Å². The van der Waals surface area contributed by atoms with Crippen LogP contribution in [0.1, 0.15) is 47.8 Å². The maximum absolute atomic E-state index is 13.2. The standard InChI is InChI=1S/C24H30N2O4/c1-5-12-25(24(28)18-9-7-6-8-10-18)16-23(27)26-13-11-19-14-21(29-3)22(30-4)15-20(19)17(26)2/h6-10,14-15,17H,5,11-13,16H2,1-4H3. The third-order valence-corrected chi connectivity index (χ3v) is 5.63. The van der Waals surface area contributed by atoms with Crippen molar-refractivity contribution in [1.82, 2.24) is 9.80 Å². The number of carbonyl (C=O) groups is 2. The summed E-state index contributed by atoms with van der Waals surface area (Å²) in [6.45, 7) is 5.26. The lowest BCUT2D eigenvalue weighted by atomic mass is 9.92. The molecule has 1 aliphatic heterocycles. The van der Waals surface area contributed by atoms with E-state index in [0.717, 1.165) is 24.0 Å². The van der Waals surface area contributed by atoms with Crippen LogP contribution in [0.25, 0.3) is 0 Å². The van der Waals surface area contributed by atoms with E-state index >= 15 is 0 Å². The summed E-state index contributed by atoms with van der Waals surface area (Å²) in [5.74, 6) is 1.21. The zero-order chi connectivity index (χ0) is 21.7. The van der Waals surface area contributed by atoms with Gasteiger partial charge >= 0.3 is 0 Å². The second-order valence-electron chi connectivity index (χ2n) is 7.51. The minimum atomic E-state index is -0.109. The van der Waals surface area contributed by atoms with Crippen LogP contribution in [0.2, 0.25) is 0 Å². The number of carbonyl (C=O) groups excluding carboxylic acids is 2. The zero-order valence-corrected chi connectivity index (χ0v) is 18.2. The van der Waals surface area contributed by atoms with Gasteiger partial charge in [-0.3, -0.25) is 9.59 Å². The number of nitrogens with zero attached hydrogens (tertiary/aromatic N) is 2. The molecule has 160 valence electrons. The first-order chi connectivity index (χ1) is 14.5. The SMILES string of the molecule is CCCN(CC(=O)N1CCc2cc(OC)c(OC)cc2C1C)C(=O)c1ccccc1. The molecule has 0 fully saturated rings. The first kappa shape index (κ1) is 21.7. The summed E-state index contributed by atoms with van der Waals surface area (Å²) in [7, 11) is 3.23. The second-order valence-corrected chi connectivity index (χ2v) is 7.51. The van der Waals surface area contributed by atoms with Gasteiger partial charge in [-0.05, 0) is 55.2 Å². The Hall–Kier alpha value is -3.02. The van der Waals surface area contributed by atoms with E-state index in [0.29, 0.717) is 30.2 Å². The van der Waals surface area contributed by atoms with E-state index < -0.39 is 0 Å². The summed E-state index contributed by atoms with van der Waals surface area (Å²) in [5.41, 5.74) is 2.83. The number of fused-ring (bicyclic) bond motifs is 1. The molecule has 1 atom stereocenters. The fourth-order valence-electron chi connectivity index (χ4n) is 4.03. The highest BCUT2D eigenvalue weighted by atomic mass is 16.5. The quantitative estimate of drug-likeness (QED) is 0.698. The smallest absolute Gasteiger partial charge is 0.254 e. The molecule has 0 spiro atoms. The van der Waals surface area contributed by atoms with Gasteiger partial charge in [-0.1, -0.05) is 25.1 Å². The Morgan fingerprint density at radius 3 is 2.40 bits per heavy atom. The van der Waals surface area contributed by atoms with Gasteiger partial charge in [0.25, 0.3) is 5.91 Å². The average Bonchev–Trinajstić information content (AvgIpc) is 2.78. The fraction of sp³-hybridized carbons (Fsp3) is 0.417. The Bertz CT molecular complexity index is 898. The van der Waals surface area contributed by atoms with E-state index in [1.165, 1.54) is 0 Å². The normalized spacial score (nSPS) is 15.3. The molecular weight excluding hydrogens is 380 g/mol. The van der Waals surface area contributed by atoms with Crippen LogP contribution in [0, 0.1) is 0 Å². The molecule has 0 aromatic heterocycles. The lowest BCUT2D eigenvalue weighted by Crippen LogP contribution is -2.46. The number of benzene rings is 2. The van der Waals surface area contributed by atoms with Gasteiger partial charge in [0.05, 0.1) is 20.3 Å². The summed E-state index contributed by atoms with van der Waals surface area (Å²) < 4.78 is 10.9. The van der Waals surface area contributed by atoms with Gasteiger partial charge in [0.2, 0.25) is 5.91 Å². The summed E-state index contributed by atoms with van der Waals surface area (Å²) in [4.78, 5) is 29.6. The van der Waals surface area contributed by atoms with Gasteiger partial charge < -0.3 is 19.3 Å². The predicted molar refractivity (Wildman–Crippen MR) is 116 cm³/mol. The van der Waals surface area contributed by atoms with Crippen LogP contribution >= 0.6 is 0 Å². The van der Waals surface area contributed by atoms with Crippen LogP contribution in [0.4, 0.5) is 0 Å². The van der Waals surface area contributed by atoms with Crippen molar-refractivity contribution >= 4 is 11.8 Å².